The first kappa shape index (κ1) is 12.1. The largest absolute Gasteiger partial charge is 0.270 e. The second kappa shape index (κ2) is 5.29. The first-order valence-corrected chi connectivity index (χ1v) is 6.64. The minimum atomic E-state index is 0.845. The van der Waals surface area contributed by atoms with Crippen molar-refractivity contribution in [2.75, 3.05) is 13.1 Å². The maximum Gasteiger partial charge on any atom is 0.0739 e. The van der Waals surface area contributed by atoms with E-state index in [9.17, 15) is 0 Å². The normalized spacial score (nSPS) is 17.9. The fourth-order valence-electron chi connectivity index (χ4n) is 2.11. The van der Waals surface area contributed by atoms with E-state index in [4.69, 9.17) is 0 Å². The van der Waals surface area contributed by atoms with Crippen LogP contribution in [-0.2, 0) is 13.6 Å². The third kappa shape index (κ3) is 2.64. The molecule has 0 aromatic carbocycles. The van der Waals surface area contributed by atoms with Crippen LogP contribution < -0.4 is 5.43 Å². The third-order valence-corrected chi connectivity index (χ3v) is 4.12. The molecule has 0 atom stereocenters. The van der Waals surface area contributed by atoms with Crippen LogP contribution in [-0.4, -0.2) is 27.9 Å². The van der Waals surface area contributed by atoms with E-state index in [1.165, 1.54) is 25.0 Å². The van der Waals surface area contributed by atoms with Gasteiger partial charge in [-0.2, -0.15) is 5.10 Å². The highest BCUT2D eigenvalue weighted by molar-refractivity contribution is 9.10. The average molecular weight is 287 g/mol. The van der Waals surface area contributed by atoms with Crippen molar-refractivity contribution in [1.82, 2.24) is 20.2 Å². The van der Waals surface area contributed by atoms with E-state index < -0.39 is 0 Å². The Labute approximate surface area is 105 Å². The molecule has 0 radical (unpaired) electrons. The molecule has 90 valence electrons. The van der Waals surface area contributed by atoms with Crippen LogP contribution in [0, 0.1) is 6.92 Å². The predicted molar refractivity (Wildman–Crippen MR) is 67.9 cm³/mol. The molecule has 1 saturated heterocycles. The summed E-state index contributed by atoms with van der Waals surface area (Å²) in [6, 6.07) is 0. The van der Waals surface area contributed by atoms with Gasteiger partial charge < -0.3 is 0 Å². The molecule has 2 rings (SSSR count). The average Bonchev–Trinajstić information content (AvgIpc) is 2.53. The molecule has 0 amide bonds. The summed E-state index contributed by atoms with van der Waals surface area (Å²) in [4.78, 5) is 0. The molecule has 0 spiro atoms. The maximum absolute atomic E-state index is 4.39. The summed E-state index contributed by atoms with van der Waals surface area (Å²) in [6.07, 6.45) is 3.98. The molecule has 5 heteroatoms. The Balaban J connectivity index is 1.93. The van der Waals surface area contributed by atoms with E-state index in [1.54, 1.807) is 0 Å². The topological polar surface area (TPSA) is 33.1 Å². The van der Waals surface area contributed by atoms with Crippen LogP contribution in [0.2, 0.25) is 0 Å². The number of nitrogens with one attached hydrogen (secondary N) is 1. The van der Waals surface area contributed by atoms with Crippen molar-refractivity contribution in [2.45, 2.75) is 32.7 Å². The quantitative estimate of drug-likeness (QED) is 0.923. The molecule has 1 aromatic rings. The molecule has 4 nitrogen and oxygen atoms in total. The van der Waals surface area contributed by atoms with Crippen molar-refractivity contribution in [3.63, 3.8) is 0 Å². The molecule has 2 heterocycles. The lowest BCUT2D eigenvalue weighted by atomic mass is 10.2. The lowest BCUT2D eigenvalue weighted by Gasteiger charge is -2.27. The summed E-state index contributed by atoms with van der Waals surface area (Å²) >= 11 is 3.58. The Morgan fingerprint density at radius 3 is 2.56 bits per heavy atom. The SMILES string of the molecule is Cc1nn(C)c(CNN2CCCCC2)c1Br. The highest BCUT2D eigenvalue weighted by atomic mass is 79.9. The number of rotatable bonds is 3. The van der Waals surface area contributed by atoms with Gasteiger partial charge in [0.1, 0.15) is 0 Å². The molecule has 0 saturated carbocycles. The summed E-state index contributed by atoms with van der Waals surface area (Å²) in [7, 11) is 1.99. The van der Waals surface area contributed by atoms with E-state index in [-0.39, 0.29) is 0 Å². The molecule has 16 heavy (non-hydrogen) atoms. The highest BCUT2D eigenvalue weighted by Crippen LogP contribution is 2.20. The lowest BCUT2D eigenvalue weighted by molar-refractivity contribution is 0.149. The zero-order valence-corrected chi connectivity index (χ0v) is 11.5. The number of halogens is 1. The van der Waals surface area contributed by atoms with Crippen LogP contribution in [0.4, 0.5) is 0 Å². The van der Waals surface area contributed by atoms with E-state index in [0.717, 1.165) is 29.8 Å². The molecule has 1 aliphatic rings. The molecular formula is C11H19BrN4. The summed E-state index contributed by atoms with van der Waals surface area (Å²) in [5.41, 5.74) is 5.74. The molecule has 1 N–H and O–H groups in total. The van der Waals surface area contributed by atoms with Crippen LogP contribution in [0.5, 0.6) is 0 Å². The zero-order chi connectivity index (χ0) is 11.5. The van der Waals surface area contributed by atoms with Crippen LogP contribution in [0.1, 0.15) is 30.7 Å². The lowest BCUT2D eigenvalue weighted by Crippen LogP contribution is -2.41. The van der Waals surface area contributed by atoms with E-state index in [1.807, 2.05) is 18.7 Å². The Bertz CT molecular complexity index is 355. The van der Waals surface area contributed by atoms with Gasteiger partial charge >= 0.3 is 0 Å². The Morgan fingerprint density at radius 1 is 1.31 bits per heavy atom. The number of aromatic nitrogens is 2. The summed E-state index contributed by atoms with van der Waals surface area (Å²) in [5.74, 6) is 0. The van der Waals surface area contributed by atoms with Crippen molar-refractivity contribution >= 4 is 15.9 Å². The maximum atomic E-state index is 4.39. The Hall–Kier alpha value is -0.390. The second-order valence-corrected chi connectivity index (χ2v) is 5.15. The third-order valence-electron chi connectivity index (χ3n) is 3.09. The molecular weight excluding hydrogens is 268 g/mol. The fraction of sp³-hybridized carbons (Fsp3) is 0.727. The summed E-state index contributed by atoms with van der Waals surface area (Å²) < 4.78 is 3.07. The fourth-order valence-corrected chi connectivity index (χ4v) is 2.59. The Morgan fingerprint density at radius 2 is 2.00 bits per heavy atom. The molecule has 1 aromatic heterocycles. The summed E-state index contributed by atoms with van der Waals surface area (Å²) in [5, 5.41) is 6.70. The second-order valence-electron chi connectivity index (χ2n) is 4.35. The van der Waals surface area contributed by atoms with Gasteiger partial charge in [0.05, 0.1) is 22.4 Å². The molecule has 0 unspecified atom stereocenters. The van der Waals surface area contributed by atoms with Gasteiger partial charge in [0.25, 0.3) is 0 Å². The number of hydrazine groups is 1. The van der Waals surface area contributed by atoms with Crippen molar-refractivity contribution in [2.24, 2.45) is 7.05 Å². The van der Waals surface area contributed by atoms with Gasteiger partial charge in [-0.15, -0.1) is 0 Å². The molecule has 0 bridgehead atoms. The van der Waals surface area contributed by atoms with Crippen LogP contribution in [0.3, 0.4) is 0 Å². The van der Waals surface area contributed by atoms with Gasteiger partial charge in [0.15, 0.2) is 0 Å². The Kier molecular flexibility index (Phi) is 4.00. The molecule has 1 fully saturated rings. The first-order valence-electron chi connectivity index (χ1n) is 5.85. The van der Waals surface area contributed by atoms with Gasteiger partial charge in [-0.1, -0.05) is 6.42 Å². The standard InChI is InChI=1S/C11H19BrN4/c1-9-11(12)10(15(2)14-9)8-13-16-6-4-3-5-7-16/h13H,3-8H2,1-2H3. The van der Waals surface area contributed by atoms with Gasteiger partial charge in [-0.25, -0.2) is 10.4 Å². The number of aryl methyl sites for hydroxylation is 2. The van der Waals surface area contributed by atoms with Gasteiger partial charge in [-0.05, 0) is 35.7 Å². The zero-order valence-electron chi connectivity index (χ0n) is 9.96. The number of nitrogens with zero attached hydrogens (tertiary/aromatic N) is 3. The van der Waals surface area contributed by atoms with Gasteiger partial charge in [0, 0.05) is 20.1 Å². The molecule has 0 aliphatic carbocycles. The van der Waals surface area contributed by atoms with Crippen molar-refractivity contribution in [1.29, 1.82) is 0 Å². The van der Waals surface area contributed by atoms with Crippen LogP contribution in [0.15, 0.2) is 4.47 Å². The minimum Gasteiger partial charge on any atom is -0.270 e. The smallest absolute Gasteiger partial charge is 0.0739 e. The van der Waals surface area contributed by atoms with E-state index in [0.29, 0.717) is 0 Å². The minimum absolute atomic E-state index is 0.845. The van der Waals surface area contributed by atoms with Crippen molar-refractivity contribution in [3.05, 3.63) is 15.9 Å². The monoisotopic (exact) mass is 286 g/mol. The van der Waals surface area contributed by atoms with Crippen LogP contribution in [0.25, 0.3) is 0 Å². The van der Waals surface area contributed by atoms with Gasteiger partial charge in [0.2, 0.25) is 0 Å². The number of hydrogen-bond donors (Lipinski definition) is 1. The summed E-state index contributed by atoms with van der Waals surface area (Å²) in [6.45, 7) is 5.19. The number of piperidine rings is 1. The number of hydrogen-bond acceptors (Lipinski definition) is 3. The predicted octanol–water partition coefficient (Wildman–Crippen LogP) is 1.98. The molecule has 1 aliphatic heterocycles. The first-order chi connectivity index (χ1) is 7.68. The van der Waals surface area contributed by atoms with E-state index >= 15 is 0 Å². The van der Waals surface area contributed by atoms with Gasteiger partial charge in [-0.3, -0.25) is 4.68 Å². The van der Waals surface area contributed by atoms with Crippen molar-refractivity contribution in [3.8, 4) is 0 Å². The van der Waals surface area contributed by atoms with E-state index in [2.05, 4.69) is 31.5 Å². The van der Waals surface area contributed by atoms with Crippen molar-refractivity contribution < 1.29 is 0 Å². The highest BCUT2D eigenvalue weighted by Gasteiger charge is 2.13. The van der Waals surface area contributed by atoms with Crippen LogP contribution >= 0.6 is 15.9 Å².